The maximum Gasteiger partial charge on any atom is 0.246 e. The molecule has 0 saturated carbocycles. The van der Waals surface area contributed by atoms with Crippen LogP contribution in [0.5, 0.6) is 0 Å². The summed E-state index contributed by atoms with van der Waals surface area (Å²) >= 11 is 1.66. The lowest BCUT2D eigenvalue weighted by molar-refractivity contribution is -0.145. The number of likely N-dealkylation sites (tertiary alicyclic amines) is 1. The maximum atomic E-state index is 12.6. The zero-order valence-corrected chi connectivity index (χ0v) is 11.4. The van der Waals surface area contributed by atoms with Crippen molar-refractivity contribution in [3.8, 4) is 0 Å². The van der Waals surface area contributed by atoms with E-state index >= 15 is 0 Å². The Morgan fingerprint density at radius 3 is 2.79 bits per heavy atom. The van der Waals surface area contributed by atoms with Gasteiger partial charge in [-0.2, -0.15) is 0 Å². The largest absolute Gasteiger partial charge is 0.368 e. The number of carbonyl (C=O) groups excluding carboxylic acids is 3. The van der Waals surface area contributed by atoms with Gasteiger partial charge in [-0.25, -0.2) is 0 Å². The topological polar surface area (TPSA) is 83.7 Å². The van der Waals surface area contributed by atoms with Crippen molar-refractivity contribution in [2.24, 2.45) is 5.73 Å². The van der Waals surface area contributed by atoms with Crippen LogP contribution in [0, 0.1) is 0 Å². The van der Waals surface area contributed by atoms with Gasteiger partial charge in [-0.15, -0.1) is 11.8 Å². The average molecular weight is 283 g/mol. The van der Waals surface area contributed by atoms with Gasteiger partial charge in [0.2, 0.25) is 17.7 Å². The number of fused-ring (bicyclic) bond motifs is 1. The van der Waals surface area contributed by atoms with Gasteiger partial charge in [0, 0.05) is 18.7 Å². The highest BCUT2D eigenvalue weighted by molar-refractivity contribution is 8.00. The van der Waals surface area contributed by atoms with Gasteiger partial charge in [0.05, 0.1) is 5.37 Å². The van der Waals surface area contributed by atoms with Gasteiger partial charge in [-0.3, -0.25) is 14.4 Å². The van der Waals surface area contributed by atoms with Crippen LogP contribution in [0.3, 0.4) is 0 Å². The van der Waals surface area contributed by atoms with E-state index in [0.29, 0.717) is 25.1 Å². The molecule has 0 aromatic carbocycles. The van der Waals surface area contributed by atoms with Gasteiger partial charge in [0.1, 0.15) is 12.1 Å². The summed E-state index contributed by atoms with van der Waals surface area (Å²) in [7, 11) is 0. The Morgan fingerprint density at radius 1 is 1.26 bits per heavy atom. The van der Waals surface area contributed by atoms with E-state index < -0.39 is 18.0 Å². The van der Waals surface area contributed by atoms with Crippen molar-refractivity contribution in [1.82, 2.24) is 9.80 Å². The van der Waals surface area contributed by atoms with Gasteiger partial charge in [-0.1, -0.05) is 0 Å². The summed E-state index contributed by atoms with van der Waals surface area (Å²) in [6.07, 6.45) is 2.79. The second kappa shape index (κ2) is 4.70. The van der Waals surface area contributed by atoms with E-state index in [-0.39, 0.29) is 17.2 Å². The molecule has 3 aliphatic rings. The molecule has 104 valence electrons. The molecule has 19 heavy (non-hydrogen) atoms. The van der Waals surface area contributed by atoms with Crippen molar-refractivity contribution in [1.29, 1.82) is 0 Å². The highest BCUT2D eigenvalue weighted by Gasteiger charge is 2.48. The monoisotopic (exact) mass is 283 g/mol. The van der Waals surface area contributed by atoms with Crippen LogP contribution in [-0.2, 0) is 14.4 Å². The quantitative estimate of drug-likeness (QED) is 0.742. The van der Waals surface area contributed by atoms with E-state index in [1.165, 1.54) is 0 Å². The number of rotatable bonds is 2. The molecule has 3 aliphatic heterocycles. The zero-order chi connectivity index (χ0) is 13.6. The van der Waals surface area contributed by atoms with Crippen LogP contribution >= 0.6 is 11.8 Å². The molecule has 0 bridgehead atoms. The predicted octanol–water partition coefficient (Wildman–Crippen LogP) is -0.473. The zero-order valence-electron chi connectivity index (χ0n) is 10.6. The second-order valence-corrected chi connectivity index (χ2v) is 6.45. The number of nitrogens with zero attached hydrogens (tertiary/aromatic N) is 2. The first-order valence-electron chi connectivity index (χ1n) is 6.62. The Balaban J connectivity index is 1.77. The number of thioether (sulfide) groups is 1. The molecular weight excluding hydrogens is 266 g/mol. The van der Waals surface area contributed by atoms with Crippen molar-refractivity contribution in [3.05, 3.63) is 0 Å². The fourth-order valence-electron chi connectivity index (χ4n) is 3.20. The third-order valence-corrected chi connectivity index (χ3v) is 5.49. The molecule has 0 radical (unpaired) electrons. The van der Waals surface area contributed by atoms with Crippen LogP contribution in [0.4, 0.5) is 0 Å². The van der Waals surface area contributed by atoms with Gasteiger partial charge < -0.3 is 15.5 Å². The Kier molecular flexibility index (Phi) is 3.16. The number of hydrogen-bond acceptors (Lipinski definition) is 4. The smallest absolute Gasteiger partial charge is 0.246 e. The van der Waals surface area contributed by atoms with Gasteiger partial charge >= 0.3 is 0 Å². The van der Waals surface area contributed by atoms with Crippen LogP contribution in [-0.4, -0.2) is 57.3 Å². The van der Waals surface area contributed by atoms with Crippen LogP contribution in [0.1, 0.15) is 25.7 Å². The normalized spacial score (nSPS) is 33.9. The predicted molar refractivity (Wildman–Crippen MR) is 70.0 cm³/mol. The highest BCUT2D eigenvalue weighted by atomic mass is 32.2. The maximum absolute atomic E-state index is 12.6. The molecule has 3 saturated heterocycles. The number of primary amides is 1. The minimum absolute atomic E-state index is 0.0585. The number of hydrogen-bond donors (Lipinski definition) is 1. The molecule has 0 aromatic heterocycles. The van der Waals surface area contributed by atoms with Crippen LogP contribution < -0.4 is 5.73 Å². The Bertz CT molecular complexity index is 442. The Labute approximate surface area is 115 Å². The van der Waals surface area contributed by atoms with Gasteiger partial charge in [0.15, 0.2) is 0 Å². The van der Waals surface area contributed by atoms with Gasteiger partial charge in [-0.05, 0) is 19.3 Å². The third kappa shape index (κ3) is 2.00. The summed E-state index contributed by atoms with van der Waals surface area (Å²) in [4.78, 5) is 39.1. The molecule has 6 nitrogen and oxygen atoms in total. The van der Waals surface area contributed by atoms with Crippen molar-refractivity contribution in [3.63, 3.8) is 0 Å². The number of carbonyl (C=O) groups is 3. The Hall–Kier alpha value is -1.24. The fourth-order valence-corrected chi connectivity index (χ4v) is 4.62. The summed E-state index contributed by atoms with van der Waals surface area (Å²) in [5.41, 5.74) is 5.34. The summed E-state index contributed by atoms with van der Waals surface area (Å²) in [5.74, 6) is 0.146. The van der Waals surface area contributed by atoms with Crippen molar-refractivity contribution in [2.45, 2.75) is 43.1 Å². The summed E-state index contributed by atoms with van der Waals surface area (Å²) in [5, 5.41) is 0.149. The van der Waals surface area contributed by atoms with E-state index in [9.17, 15) is 14.4 Å². The molecule has 3 rings (SSSR count). The third-order valence-electron chi connectivity index (χ3n) is 4.14. The Morgan fingerprint density at radius 2 is 2.05 bits per heavy atom. The molecule has 0 spiro atoms. The highest BCUT2D eigenvalue weighted by Crippen LogP contribution is 2.38. The molecule has 3 atom stereocenters. The standard InChI is InChI=1S/C12H17N3O3S/c13-11(17)7-2-1-5-14(7)12(18)8-6-19-10-4-3-9(16)15(8)10/h7-8,10H,1-6H2,(H2,13,17). The first-order valence-corrected chi connectivity index (χ1v) is 7.67. The van der Waals surface area contributed by atoms with Crippen molar-refractivity contribution >= 4 is 29.5 Å². The number of amides is 3. The van der Waals surface area contributed by atoms with Crippen molar-refractivity contribution < 1.29 is 14.4 Å². The first-order chi connectivity index (χ1) is 9.09. The first kappa shape index (κ1) is 12.8. The lowest BCUT2D eigenvalue weighted by Gasteiger charge is -2.29. The minimum Gasteiger partial charge on any atom is -0.368 e. The van der Waals surface area contributed by atoms with E-state index in [4.69, 9.17) is 5.73 Å². The van der Waals surface area contributed by atoms with Crippen LogP contribution in [0.25, 0.3) is 0 Å². The minimum atomic E-state index is -0.491. The van der Waals surface area contributed by atoms with Gasteiger partial charge in [0.25, 0.3) is 0 Å². The summed E-state index contributed by atoms with van der Waals surface area (Å²) < 4.78 is 0. The van der Waals surface area contributed by atoms with Crippen LogP contribution in [0.15, 0.2) is 0 Å². The molecule has 3 amide bonds. The van der Waals surface area contributed by atoms with Crippen LogP contribution in [0.2, 0.25) is 0 Å². The van der Waals surface area contributed by atoms with Crippen molar-refractivity contribution in [2.75, 3.05) is 12.3 Å². The van der Waals surface area contributed by atoms with E-state index in [2.05, 4.69) is 0 Å². The molecule has 2 N–H and O–H groups in total. The molecule has 7 heteroatoms. The molecule has 0 aliphatic carbocycles. The van der Waals surface area contributed by atoms with E-state index in [1.54, 1.807) is 21.6 Å². The molecule has 3 unspecified atom stereocenters. The number of nitrogens with two attached hydrogens (primary N) is 1. The molecule has 3 heterocycles. The average Bonchev–Trinajstić information content (AvgIpc) is 3.05. The second-order valence-electron chi connectivity index (χ2n) is 5.24. The summed E-state index contributed by atoms with van der Waals surface area (Å²) in [6.45, 7) is 0.570. The van der Waals surface area contributed by atoms with E-state index in [1.807, 2.05) is 0 Å². The lowest BCUT2D eigenvalue weighted by Crippen LogP contribution is -2.52. The lowest BCUT2D eigenvalue weighted by atomic mass is 10.2. The molecule has 0 aromatic rings. The molecular formula is C12H17N3O3S. The molecule has 3 fully saturated rings. The fraction of sp³-hybridized carbons (Fsp3) is 0.750. The van der Waals surface area contributed by atoms with E-state index in [0.717, 1.165) is 12.8 Å². The summed E-state index contributed by atoms with van der Waals surface area (Å²) in [6, 6.07) is -0.890. The SMILES string of the molecule is NC(=O)C1CCCN1C(=O)C1CSC2CCC(=O)N21.